The van der Waals surface area contributed by atoms with Crippen molar-refractivity contribution >= 4 is 5.78 Å². The van der Waals surface area contributed by atoms with Gasteiger partial charge in [-0.25, -0.2) is 0 Å². The SMILES string of the molecule is Cn1nccc1C(=O)C1=CNCCC1. The van der Waals surface area contributed by atoms with E-state index in [0.717, 1.165) is 25.0 Å². The zero-order chi connectivity index (χ0) is 9.97. The van der Waals surface area contributed by atoms with Gasteiger partial charge in [-0.05, 0) is 18.9 Å². The van der Waals surface area contributed by atoms with Gasteiger partial charge in [0.15, 0.2) is 0 Å². The van der Waals surface area contributed by atoms with Crippen LogP contribution in [0.25, 0.3) is 0 Å². The second kappa shape index (κ2) is 3.65. The first-order chi connectivity index (χ1) is 6.79. The molecule has 1 aliphatic rings. The molecule has 0 spiro atoms. The predicted octanol–water partition coefficient (Wildman–Crippen LogP) is 0.870. The Balaban J connectivity index is 2.23. The summed E-state index contributed by atoms with van der Waals surface area (Å²) < 4.78 is 1.61. The van der Waals surface area contributed by atoms with Crippen LogP contribution in [0.15, 0.2) is 24.0 Å². The van der Waals surface area contributed by atoms with Crippen molar-refractivity contribution in [2.45, 2.75) is 12.8 Å². The molecule has 14 heavy (non-hydrogen) atoms. The second-order valence-corrected chi connectivity index (χ2v) is 3.40. The van der Waals surface area contributed by atoms with Gasteiger partial charge < -0.3 is 5.32 Å². The minimum Gasteiger partial charge on any atom is -0.391 e. The van der Waals surface area contributed by atoms with E-state index < -0.39 is 0 Å². The Morgan fingerprint density at radius 1 is 1.64 bits per heavy atom. The molecule has 0 atom stereocenters. The van der Waals surface area contributed by atoms with Gasteiger partial charge in [0.25, 0.3) is 0 Å². The monoisotopic (exact) mass is 191 g/mol. The maximum absolute atomic E-state index is 11.9. The number of allylic oxidation sites excluding steroid dienone is 1. The zero-order valence-corrected chi connectivity index (χ0v) is 8.16. The summed E-state index contributed by atoms with van der Waals surface area (Å²) in [5.41, 5.74) is 1.50. The van der Waals surface area contributed by atoms with Crippen LogP contribution in [-0.4, -0.2) is 22.1 Å². The van der Waals surface area contributed by atoms with Gasteiger partial charge in [-0.1, -0.05) is 0 Å². The normalized spacial score (nSPS) is 15.9. The number of aryl methyl sites for hydroxylation is 1. The smallest absolute Gasteiger partial charge is 0.208 e. The molecule has 0 fully saturated rings. The molecule has 0 aromatic carbocycles. The quantitative estimate of drug-likeness (QED) is 0.705. The molecule has 2 rings (SSSR count). The number of hydrogen-bond acceptors (Lipinski definition) is 3. The number of carbonyl (C=O) groups excluding carboxylic acids is 1. The van der Waals surface area contributed by atoms with Crippen LogP contribution in [0, 0.1) is 0 Å². The van der Waals surface area contributed by atoms with Crippen molar-refractivity contribution in [3.63, 3.8) is 0 Å². The van der Waals surface area contributed by atoms with Crippen LogP contribution in [0.2, 0.25) is 0 Å². The standard InChI is InChI=1S/C10H13N3O/c1-13-9(4-6-12-13)10(14)8-3-2-5-11-7-8/h4,6-7,11H,2-3,5H2,1H3. The predicted molar refractivity (Wildman–Crippen MR) is 52.9 cm³/mol. The molecule has 1 N–H and O–H groups in total. The largest absolute Gasteiger partial charge is 0.391 e. The highest BCUT2D eigenvalue weighted by molar-refractivity contribution is 6.07. The lowest BCUT2D eigenvalue weighted by molar-refractivity contribution is 0.102. The van der Waals surface area contributed by atoms with E-state index in [1.54, 1.807) is 24.0 Å². The van der Waals surface area contributed by atoms with E-state index in [9.17, 15) is 4.79 Å². The average Bonchev–Trinajstić information content (AvgIpc) is 2.65. The number of nitrogens with one attached hydrogen (secondary N) is 1. The Bertz CT molecular complexity index is 378. The minimum atomic E-state index is 0.0807. The molecule has 1 aromatic heterocycles. The summed E-state index contributed by atoms with van der Waals surface area (Å²) in [4.78, 5) is 11.9. The number of ketones is 1. The van der Waals surface area contributed by atoms with Gasteiger partial charge in [-0.2, -0.15) is 5.10 Å². The van der Waals surface area contributed by atoms with Gasteiger partial charge in [0.2, 0.25) is 5.78 Å². The van der Waals surface area contributed by atoms with E-state index >= 15 is 0 Å². The van der Waals surface area contributed by atoms with E-state index in [0.29, 0.717) is 5.69 Å². The zero-order valence-electron chi connectivity index (χ0n) is 8.16. The molecule has 4 nitrogen and oxygen atoms in total. The molecule has 0 aliphatic carbocycles. The Morgan fingerprint density at radius 3 is 3.07 bits per heavy atom. The van der Waals surface area contributed by atoms with Crippen LogP contribution in [0.5, 0.6) is 0 Å². The fourth-order valence-electron chi connectivity index (χ4n) is 1.59. The van der Waals surface area contributed by atoms with Crippen LogP contribution < -0.4 is 5.32 Å². The first-order valence-corrected chi connectivity index (χ1v) is 4.74. The van der Waals surface area contributed by atoms with Crippen LogP contribution in [0.1, 0.15) is 23.3 Å². The van der Waals surface area contributed by atoms with Crippen LogP contribution in [0.3, 0.4) is 0 Å². The second-order valence-electron chi connectivity index (χ2n) is 3.40. The molecule has 4 heteroatoms. The molecule has 1 aromatic rings. The van der Waals surface area contributed by atoms with E-state index in [2.05, 4.69) is 10.4 Å². The number of carbonyl (C=O) groups is 1. The molecule has 74 valence electrons. The van der Waals surface area contributed by atoms with Gasteiger partial charge in [-0.15, -0.1) is 0 Å². The lowest BCUT2D eigenvalue weighted by atomic mass is 10.0. The topological polar surface area (TPSA) is 46.9 Å². The lowest BCUT2D eigenvalue weighted by Crippen LogP contribution is -2.19. The summed E-state index contributed by atoms with van der Waals surface area (Å²) in [6, 6.07) is 1.75. The molecule has 0 unspecified atom stereocenters. The molecular weight excluding hydrogens is 178 g/mol. The summed E-state index contributed by atoms with van der Waals surface area (Å²) in [6.07, 6.45) is 5.34. The highest BCUT2D eigenvalue weighted by Crippen LogP contribution is 2.14. The maximum atomic E-state index is 11.9. The number of rotatable bonds is 2. The van der Waals surface area contributed by atoms with E-state index in [1.165, 1.54) is 0 Å². The Labute approximate surface area is 82.6 Å². The summed E-state index contributed by atoms with van der Waals surface area (Å²) in [5, 5.41) is 7.07. The Hall–Kier alpha value is -1.58. The van der Waals surface area contributed by atoms with Crippen molar-refractivity contribution < 1.29 is 4.79 Å². The van der Waals surface area contributed by atoms with Gasteiger partial charge in [0, 0.05) is 31.6 Å². The highest BCUT2D eigenvalue weighted by atomic mass is 16.1. The van der Waals surface area contributed by atoms with Gasteiger partial charge >= 0.3 is 0 Å². The molecule has 2 heterocycles. The van der Waals surface area contributed by atoms with Gasteiger partial charge in [0.05, 0.1) is 0 Å². The Morgan fingerprint density at radius 2 is 2.50 bits per heavy atom. The fraction of sp³-hybridized carbons (Fsp3) is 0.400. The molecule has 0 saturated heterocycles. The van der Waals surface area contributed by atoms with Crippen LogP contribution in [0.4, 0.5) is 0 Å². The minimum absolute atomic E-state index is 0.0807. The van der Waals surface area contributed by atoms with Crippen molar-refractivity contribution in [3.05, 3.63) is 29.7 Å². The van der Waals surface area contributed by atoms with Crippen molar-refractivity contribution in [2.75, 3.05) is 6.54 Å². The van der Waals surface area contributed by atoms with E-state index in [4.69, 9.17) is 0 Å². The third-order valence-corrected chi connectivity index (χ3v) is 2.39. The van der Waals surface area contributed by atoms with Crippen molar-refractivity contribution in [1.82, 2.24) is 15.1 Å². The number of hydrogen-bond donors (Lipinski definition) is 1. The number of Topliss-reactive ketones (excluding diaryl/α,β-unsaturated/α-hetero) is 1. The first-order valence-electron chi connectivity index (χ1n) is 4.74. The molecule has 0 saturated carbocycles. The molecular formula is C10H13N3O. The molecule has 1 aliphatic heterocycles. The number of aromatic nitrogens is 2. The van der Waals surface area contributed by atoms with Crippen molar-refractivity contribution in [2.24, 2.45) is 7.05 Å². The maximum Gasteiger partial charge on any atom is 0.208 e. The third-order valence-electron chi connectivity index (χ3n) is 2.39. The van der Waals surface area contributed by atoms with Crippen LogP contribution >= 0.6 is 0 Å². The molecule has 0 amide bonds. The third kappa shape index (κ3) is 1.55. The van der Waals surface area contributed by atoms with E-state index in [1.807, 2.05) is 6.20 Å². The summed E-state index contributed by atoms with van der Waals surface area (Å²) in [6.45, 7) is 0.960. The highest BCUT2D eigenvalue weighted by Gasteiger charge is 2.16. The number of nitrogens with zero attached hydrogens (tertiary/aromatic N) is 2. The van der Waals surface area contributed by atoms with Crippen LogP contribution in [-0.2, 0) is 7.05 Å². The van der Waals surface area contributed by atoms with Crippen molar-refractivity contribution in [1.29, 1.82) is 0 Å². The van der Waals surface area contributed by atoms with Gasteiger partial charge in [0.1, 0.15) is 5.69 Å². The summed E-state index contributed by atoms with van der Waals surface area (Å²) in [7, 11) is 1.78. The Kier molecular flexibility index (Phi) is 2.35. The first kappa shape index (κ1) is 8.99. The molecule has 0 bridgehead atoms. The summed E-state index contributed by atoms with van der Waals surface area (Å²) in [5.74, 6) is 0.0807. The van der Waals surface area contributed by atoms with Gasteiger partial charge in [-0.3, -0.25) is 9.48 Å². The molecule has 0 radical (unpaired) electrons. The fourth-order valence-corrected chi connectivity index (χ4v) is 1.59. The van der Waals surface area contributed by atoms with E-state index in [-0.39, 0.29) is 5.78 Å². The average molecular weight is 191 g/mol. The lowest BCUT2D eigenvalue weighted by Gasteiger charge is -2.12. The summed E-state index contributed by atoms with van der Waals surface area (Å²) >= 11 is 0. The van der Waals surface area contributed by atoms with Crippen molar-refractivity contribution in [3.8, 4) is 0 Å².